The molecule has 0 fully saturated rings. The van der Waals surface area contributed by atoms with Crippen LogP contribution in [-0.4, -0.2) is 37.6 Å². The predicted octanol–water partition coefficient (Wildman–Crippen LogP) is 3.11. The molecule has 0 aliphatic heterocycles. The molecule has 0 radical (unpaired) electrons. The SMILES string of the molecule is CCN(CC)C(=O)c1ccc(Br)cc1S(=O)(=O)C(C)C. The van der Waals surface area contributed by atoms with Gasteiger partial charge in [-0.25, -0.2) is 8.42 Å². The van der Waals surface area contributed by atoms with Crippen molar-refractivity contribution in [2.75, 3.05) is 13.1 Å². The van der Waals surface area contributed by atoms with E-state index in [0.29, 0.717) is 17.6 Å². The fourth-order valence-corrected chi connectivity index (χ4v) is 3.62. The van der Waals surface area contributed by atoms with E-state index in [1.54, 1.807) is 30.9 Å². The van der Waals surface area contributed by atoms with Crippen molar-refractivity contribution in [3.05, 3.63) is 28.2 Å². The number of amides is 1. The summed E-state index contributed by atoms with van der Waals surface area (Å²) in [7, 11) is -3.50. The number of rotatable bonds is 5. The van der Waals surface area contributed by atoms with E-state index in [4.69, 9.17) is 0 Å². The Morgan fingerprint density at radius 3 is 2.25 bits per heavy atom. The van der Waals surface area contributed by atoms with Gasteiger partial charge < -0.3 is 4.90 Å². The van der Waals surface area contributed by atoms with Gasteiger partial charge in [0.15, 0.2) is 9.84 Å². The lowest BCUT2D eigenvalue weighted by Gasteiger charge is -2.21. The average Bonchev–Trinajstić information content (AvgIpc) is 2.39. The molecule has 0 aliphatic rings. The molecule has 0 spiro atoms. The lowest BCUT2D eigenvalue weighted by Crippen LogP contribution is -2.32. The van der Waals surface area contributed by atoms with Gasteiger partial charge in [0.2, 0.25) is 0 Å². The molecule has 1 aromatic rings. The molecule has 20 heavy (non-hydrogen) atoms. The number of hydrogen-bond acceptors (Lipinski definition) is 3. The van der Waals surface area contributed by atoms with Crippen molar-refractivity contribution >= 4 is 31.7 Å². The van der Waals surface area contributed by atoms with Gasteiger partial charge in [0, 0.05) is 17.6 Å². The normalized spacial score (nSPS) is 11.7. The topological polar surface area (TPSA) is 54.5 Å². The molecule has 0 atom stereocenters. The first-order valence-electron chi connectivity index (χ1n) is 6.58. The van der Waals surface area contributed by atoms with Gasteiger partial charge in [-0.1, -0.05) is 15.9 Å². The van der Waals surface area contributed by atoms with Gasteiger partial charge >= 0.3 is 0 Å². The first-order chi connectivity index (χ1) is 9.25. The highest BCUT2D eigenvalue weighted by Crippen LogP contribution is 2.25. The fourth-order valence-electron chi connectivity index (χ4n) is 1.84. The number of halogens is 1. The Kier molecular flexibility index (Phi) is 5.77. The summed E-state index contributed by atoms with van der Waals surface area (Å²) in [4.78, 5) is 14.2. The molecular weight excluding hydrogens is 342 g/mol. The second-order valence-electron chi connectivity index (χ2n) is 4.71. The standard InChI is InChI=1S/C14H20BrNO3S/c1-5-16(6-2)14(17)12-8-7-11(15)9-13(12)20(18,19)10(3)4/h7-10H,5-6H2,1-4H3. The Balaban J connectivity index is 3.46. The summed E-state index contributed by atoms with van der Waals surface area (Å²) in [5.74, 6) is -0.248. The third-order valence-corrected chi connectivity index (χ3v) is 5.84. The molecule has 0 aromatic heterocycles. The second-order valence-corrected chi connectivity index (χ2v) is 8.10. The Hall–Kier alpha value is -0.880. The molecule has 0 aliphatic carbocycles. The molecule has 0 N–H and O–H groups in total. The molecule has 1 aromatic carbocycles. The summed E-state index contributed by atoms with van der Waals surface area (Å²) < 4.78 is 25.5. The Morgan fingerprint density at radius 1 is 1.25 bits per heavy atom. The van der Waals surface area contributed by atoms with E-state index in [0.717, 1.165) is 0 Å². The van der Waals surface area contributed by atoms with Gasteiger partial charge in [-0.05, 0) is 45.9 Å². The fraction of sp³-hybridized carbons (Fsp3) is 0.500. The van der Waals surface area contributed by atoms with Crippen LogP contribution in [0.15, 0.2) is 27.6 Å². The maximum atomic E-state index is 12.5. The minimum Gasteiger partial charge on any atom is -0.339 e. The van der Waals surface area contributed by atoms with Crippen molar-refractivity contribution in [1.82, 2.24) is 4.90 Å². The van der Waals surface area contributed by atoms with Gasteiger partial charge in [-0.3, -0.25) is 4.79 Å². The quantitative estimate of drug-likeness (QED) is 0.809. The monoisotopic (exact) mass is 361 g/mol. The van der Waals surface area contributed by atoms with Gasteiger partial charge in [-0.2, -0.15) is 0 Å². The molecule has 6 heteroatoms. The highest BCUT2D eigenvalue weighted by atomic mass is 79.9. The van der Waals surface area contributed by atoms with Crippen molar-refractivity contribution in [1.29, 1.82) is 0 Å². The van der Waals surface area contributed by atoms with Crippen LogP contribution in [0.5, 0.6) is 0 Å². The zero-order valence-corrected chi connectivity index (χ0v) is 14.6. The van der Waals surface area contributed by atoms with E-state index >= 15 is 0 Å². The van der Waals surface area contributed by atoms with Crippen LogP contribution in [0.1, 0.15) is 38.1 Å². The Morgan fingerprint density at radius 2 is 1.80 bits per heavy atom. The number of carbonyl (C=O) groups excluding carboxylic acids is 1. The van der Waals surface area contributed by atoms with E-state index in [1.807, 2.05) is 13.8 Å². The molecule has 0 saturated heterocycles. The minimum absolute atomic E-state index is 0.0961. The van der Waals surface area contributed by atoms with Crippen molar-refractivity contribution in [3.63, 3.8) is 0 Å². The summed E-state index contributed by atoms with van der Waals surface area (Å²) in [5.41, 5.74) is 0.241. The van der Waals surface area contributed by atoms with Crippen LogP contribution >= 0.6 is 15.9 Å². The molecule has 4 nitrogen and oxygen atoms in total. The summed E-state index contributed by atoms with van der Waals surface area (Å²) >= 11 is 3.27. The molecule has 1 amide bonds. The predicted molar refractivity (Wildman–Crippen MR) is 83.7 cm³/mol. The van der Waals surface area contributed by atoms with Crippen molar-refractivity contribution in [2.45, 2.75) is 37.8 Å². The molecule has 0 unspecified atom stereocenters. The van der Waals surface area contributed by atoms with Gasteiger partial charge in [-0.15, -0.1) is 0 Å². The number of nitrogens with zero attached hydrogens (tertiary/aromatic N) is 1. The highest BCUT2D eigenvalue weighted by Gasteiger charge is 2.27. The molecular formula is C14H20BrNO3S. The van der Waals surface area contributed by atoms with Crippen LogP contribution in [-0.2, 0) is 9.84 Å². The van der Waals surface area contributed by atoms with Crippen LogP contribution in [0.4, 0.5) is 0 Å². The maximum Gasteiger partial charge on any atom is 0.255 e. The summed E-state index contributed by atoms with van der Waals surface area (Å²) in [6, 6.07) is 4.77. The lowest BCUT2D eigenvalue weighted by atomic mass is 10.2. The Bertz CT molecular complexity index is 592. The summed E-state index contributed by atoms with van der Waals surface area (Å²) in [6.45, 7) is 8.07. The molecule has 0 saturated carbocycles. The second kappa shape index (κ2) is 6.72. The lowest BCUT2D eigenvalue weighted by molar-refractivity contribution is 0.0769. The first kappa shape index (κ1) is 17.2. The van der Waals surface area contributed by atoms with Gasteiger partial charge in [0.25, 0.3) is 5.91 Å². The largest absolute Gasteiger partial charge is 0.339 e. The van der Waals surface area contributed by atoms with Crippen LogP contribution in [0.3, 0.4) is 0 Å². The van der Waals surface area contributed by atoms with Crippen molar-refractivity contribution < 1.29 is 13.2 Å². The Labute approximate surface area is 129 Å². The van der Waals surface area contributed by atoms with E-state index in [-0.39, 0.29) is 16.4 Å². The zero-order valence-electron chi connectivity index (χ0n) is 12.2. The van der Waals surface area contributed by atoms with Gasteiger partial charge in [0.05, 0.1) is 15.7 Å². The van der Waals surface area contributed by atoms with Crippen LogP contribution < -0.4 is 0 Å². The van der Waals surface area contributed by atoms with Crippen molar-refractivity contribution in [2.24, 2.45) is 0 Å². The maximum absolute atomic E-state index is 12.5. The average molecular weight is 362 g/mol. The number of benzene rings is 1. The summed E-state index contributed by atoms with van der Waals surface area (Å²) in [6.07, 6.45) is 0. The van der Waals surface area contributed by atoms with Crippen molar-refractivity contribution in [3.8, 4) is 0 Å². The highest BCUT2D eigenvalue weighted by molar-refractivity contribution is 9.10. The first-order valence-corrected chi connectivity index (χ1v) is 8.92. The number of hydrogen-bond donors (Lipinski definition) is 0. The molecule has 1 rings (SSSR count). The smallest absolute Gasteiger partial charge is 0.255 e. The van der Waals surface area contributed by atoms with E-state index in [1.165, 1.54) is 6.07 Å². The van der Waals surface area contributed by atoms with Gasteiger partial charge in [0.1, 0.15) is 0 Å². The van der Waals surface area contributed by atoms with E-state index in [9.17, 15) is 13.2 Å². The van der Waals surface area contributed by atoms with Crippen LogP contribution in [0.25, 0.3) is 0 Å². The number of carbonyl (C=O) groups is 1. The van der Waals surface area contributed by atoms with E-state index in [2.05, 4.69) is 15.9 Å². The third-order valence-electron chi connectivity index (χ3n) is 3.15. The molecule has 0 bridgehead atoms. The number of sulfone groups is 1. The molecule has 112 valence electrons. The molecule has 0 heterocycles. The van der Waals surface area contributed by atoms with E-state index < -0.39 is 15.1 Å². The summed E-state index contributed by atoms with van der Waals surface area (Å²) in [5, 5.41) is -0.569. The van der Waals surface area contributed by atoms with Crippen LogP contribution in [0, 0.1) is 0 Å². The minimum atomic E-state index is -3.50. The van der Waals surface area contributed by atoms with Crippen LogP contribution in [0.2, 0.25) is 0 Å². The zero-order chi connectivity index (χ0) is 15.5. The third kappa shape index (κ3) is 3.41.